The fourth-order valence-electron chi connectivity index (χ4n) is 2.36. The van der Waals surface area contributed by atoms with Crippen molar-refractivity contribution in [2.45, 2.75) is 20.3 Å². The van der Waals surface area contributed by atoms with Crippen LogP contribution >= 0.6 is 11.3 Å². The first-order chi connectivity index (χ1) is 8.22. The van der Waals surface area contributed by atoms with E-state index in [4.69, 9.17) is 0 Å². The first-order valence-corrected chi connectivity index (χ1v) is 6.69. The van der Waals surface area contributed by atoms with E-state index >= 15 is 0 Å². The Bertz CT molecular complexity index is 713. The van der Waals surface area contributed by atoms with E-state index in [1.54, 1.807) is 0 Å². The number of fused-ring (bicyclic) bond motifs is 3. The predicted octanol–water partition coefficient (Wildman–Crippen LogP) is 3.14. The molecule has 0 unspecified atom stereocenters. The summed E-state index contributed by atoms with van der Waals surface area (Å²) >= 11 is 1.87. The summed E-state index contributed by atoms with van der Waals surface area (Å²) in [7, 11) is 2.07. The van der Waals surface area contributed by atoms with Crippen LogP contribution in [0.4, 0.5) is 0 Å². The topological polar surface area (TPSA) is 16.8 Å². The minimum atomic E-state index is 1.04. The number of hydrogen-bond acceptors (Lipinski definition) is 2. The molecule has 2 aromatic heterocycles. The van der Waals surface area contributed by atoms with E-state index in [1.165, 1.54) is 26.0 Å². The van der Waals surface area contributed by atoms with Gasteiger partial charge in [0.25, 0.3) is 6.33 Å². The van der Waals surface area contributed by atoms with Crippen molar-refractivity contribution in [1.82, 2.24) is 4.98 Å². The van der Waals surface area contributed by atoms with Crippen LogP contribution in [-0.4, -0.2) is 4.98 Å². The molecular weight excluding hydrogens is 228 g/mol. The molecule has 17 heavy (non-hydrogen) atoms. The Morgan fingerprint density at radius 2 is 2.12 bits per heavy atom. The van der Waals surface area contributed by atoms with Gasteiger partial charge in [-0.3, -0.25) is 0 Å². The molecule has 0 atom stereocenters. The molecule has 0 N–H and O–H groups in total. The van der Waals surface area contributed by atoms with Crippen molar-refractivity contribution in [2.75, 3.05) is 0 Å². The van der Waals surface area contributed by atoms with Gasteiger partial charge in [0.2, 0.25) is 5.52 Å². The van der Waals surface area contributed by atoms with Crippen LogP contribution in [-0.2, 0) is 13.5 Å². The largest absolute Gasteiger partial charge is 0.286 e. The van der Waals surface area contributed by atoms with Gasteiger partial charge in [0.05, 0.1) is 7.05 Å². The van der Waals surface area contributed by atoms with E-state index in [1.807, 2.05) is 17.7 Å². The molecule has 0 radical (unpaired) electrons. The van der Waals surface area contributed by atoms with Crippen LogP contribution in [0.15, 0.2) is 24.5 Å². The molecule has 0 saturated heterocycles. The third kappa shape index (κ3) is 1.46. The van der Waals surface area contributed by atoms with Crippen LogP contribution in [0.5, 0.6) is 0 Å². The second-order valence-electron chi connectivity index (χ2n) is 4.39. The van der Waals surface area contributed by atoms with Crippen LogP contribution in [0.25, 0.3) is 20.3 Å². The number of thiophene rings is 1. The Hall–Kier alpha value is -1.48. The number of rotatable bonds is 1. The van der Waals surface area contributed by atoms with Gasteiger partial charge in [0.1, 0.15) is 10.4 Å². The summed E-state index contributed by atoms with van der Waals surface area (Å²) < 4.78 is 4.84. The van der Waals surface area contributed by atoms with E-state index < -0.39 is 0 Å². The first-order valence-electron chi connectivity index (χ1n) is 5.87. The van der Waals surface area contributed by atoms with E-state index in [0.29, 0.717) is 0 Å². The summed E-state index contributed by atoms with van der Waals surface area (Å²) in [6.07, 6.45) is 2.97. The molecule has 0 spiro atoms. The van der Waals surface area contributed by atoms with Crippen molar-refractivity contribution in [3.63, 3.8) is 0 Å². The lowest BCUT2D eigenvalue weighted by molar-refractivity contribution is -0.680. The summed E-state index contributed by atoms with van der Waals surface area (Å²) in [4.78, 5) is 4.59. The summed E-state index contributed by atoms with van der Waals surface area (Å²) in [5.74, 6) is 0. The van der Waals surface area contributed by atoms with Crippen molar-refractivity contribution in [1.29, 1.82) is 0 Å². The van der Waals surface area contributed by atoms with Crippen LogP contribution < -0.4 is 4.57 Å². The van der Waals surface area contributed by atoms with Gasteiger partial charge >= 0.3 is 0 Å². The highest BCUT2D eigenvalue weighted by molar-refractivity contribution is 7.26. The maximum atomic E-state index is 4.59. The number of hydrogen-bond donors (Lipinski definition) is 0. The summed E-state index contributed by atoms with van der Waals surface area (Å²) in [6.45, 7) is 4.37. The number of benzene rings is 1. The van der Waals surface area contributed by atoms with Crippen LogP contribution in [0, 0.1) is 6.92 Å². The second-order valence-corrected chi connectivity index (χ2v) is 5.41. The molecule has 0 amide bonds. The van der Waals surface area contributed by atoms with Gasteiger partial charge in [-0.1, -0.05) is 19.1 Å². The minimum Gasteiger partial charge on any atom is -0.236 e. The third-order valence-electron chi connectivity index (χ3n) is 3.27. The Morgan fingerprint density at radius 3 is 2.88 bits per heavy atom. The molecule has 1 aromatic carbocycles. The Balaban J connectivity index is 2.55. The Morgan fingerprint density at radius 1 is 1.29 bits per heavy atom. The fraction of sp³-hybridized carbons (Fsp3) is 0.286. The quantitative estimate of drug-likeness (QED) is 0.600. The zero-order chi connectivity index (χ0) is 12.0. The average Bonchev–Trinajstić information content (AvgIpc) is 2.69. The van der Waals surface area contributed by atoms with Crippen molar-refractivity contribution in [3.05, 3.63) is 35.8 Å². The lowest BCUT2D eigenvalue weighted by atomic mass is 10.1. The van der Waals surface area contributed by atoms with Crippen molar-refractivity contribution in [3.8, 4) is 0 Å². The van der Waals surface area contributed by atoms with Gasteiger partial charge < -0.3 is 0 Å². The lowest BCUT2D eigenvalue weighted by Crippen LogP contribution is -2.33. The van der Waals surface area contributed by atoms with E-state index in [2.05, 4.69) is 48.6 Å². The number of nitrogens with zero attached hydrogens (tertiary/aromatic N) is 2. The molecule has 0 saturated carbocycles. The fourth-order valence-corrected chi connectivity index (χ4v) is 3.73. The molecule has 3 heteroatoms. The van der Waals surface area contributed by atoms with Crippen molar-refractivity contribution >= 4 is 31.6 Å². The molecule has 2 heterocycles. The highest BCUT2D eigenvalue weighted by Gasteiger charge is 2.17. The highest BCUT2D eigenvalue weighted by atomic mass is 32.1. The Kier molecular flexibility index (Phi) is 2.37. The lowest BCUT2D eigenvalue weighted by Gasteiger charge is -1.97. The molecule has 2 nitrogen and oxygen atoms in total. The zero-order valence-electron chi connectivity index (χ0n) is 10.3. The van der Waals surface area contributed by atoms with Gasteiger partial charge in [-0.15, -0.1) is 11.3 Å². The summed E-state index contributed by atoms with van der Waals surface area (Å²) in [6, 6.07) is 6.46. The molecule has 0 aliphatic carbocycles. The molecule has 0 bridgehead atoms. The van der Waals surface area contributed by atoms with Gasteiger partial charge in [0, 0.05) is 16.5 Å². The van der Waals surface area contributed by atoms with Crippen LogP contribution in [0.3, 0.4) is 0 Å². The molecular formula is C14H15N2S+. The summed E-state index contributed by atoms with van der Waals surface area (Å²) in [5, 5.41) is 1.29. The molecule has 0 fully saturated rings. The van der Waals surface area contributed by atoms with Crippen molar-refractivity contribution in [2.24, 2.45) is 7.05 Å². The maximum absolute atomic E-state index is 4.59. The van der Waals surface area contributed by atoms with Gasteiger partial charge in [-0.25, -0.2) is 4.57 Å². The molecule has 3 rings (SSSR count). The van der Waals surface area contributed by atoms with Gasteiger partial charge in [0.15, 0.2) is 0 Å². The second kappa shape index (κ2) is 3.77. The molecule has 3 aromatic rings. The molecule has 0 aliphatic rings. The Labute approximate surface area is 105 Å². The predicted molar refractivity (Wildman–Crippen MR) is 72.4 cm³/mol. The minimum absolute atomic E-state index is 1.04. The van der Waals surface area contributed by atoms with Gasteiger partial charge in [-0.05, 0) is 23.5 Å². The molecule has 0 aliphatic heterocycles. The molecule has 86 valence electrons. The standard InChI is InChI=1S/C14H15N2S/c1-4-11-14-12(15-8-16(11)3)10-7-5-6-9(2)13(10)17-14/h5-8H,4H2,1-3H3/q+1. The number of aryl methyl sites for hydroxylation is 3. The van der Waals surface area contributed by atoms with Crippen LogP contribution in [0.2, 0.25) is 0 Å². The van der Waals surface area contributed by atoms with E-state index in [0.717, 1.165) is 11.9 Å². The maximum Gasteiger partial charge on any atom is 0.286 e. The SMILES string of the molecule is CCc1c2sc3c(C)cccc3c2nc[n+]1C. The zero-order valence-corrected chi connectivity index (χ0v) is 11.1. The van der Waals surface area contributed by atoms with Crippen LogP contribution in [0.1, 0.15) is 18.2 Å². The van der Waals surface area contributed by atoms with Gasteiger partial charge in [-0.2, -0.15) is 0 Å². The average molecular weight is 243 g/mol. The smallest absolute Gasteiger partial charge is 0.236 e. The monoisotopic (exact) mass is 243 g/mol. The number of aromatic nitrogens is 2. The van der Waals surface area contributed by atoms with E-state index in [9.17, 15) is 0 Å². The van der Waals surface area contributed by atoms with Crippen molar-refractivity contribution < 1.29 is 4.57 Å². The third-order valence-corrected chi connectivity index (χ3v) is 4.65. The van der Waals surface area contributed by atoms with E-state index in [-0.39, 0.29) is 0 Å². The normalized spacial score (nSPS) is 11.5. The highest BCUT2D eigenvalue weighted by Crippen LogP contribution is 2.35. The summed E-state index contributed by atoms with van der Waals surface area (Å²) in [5.41, 5.74) is 3.87. The first kappa shape index (κ1) is 10.7.